The van der Waals surface area contributed by atoms with Crippen LogP contribution < -0.4 is 10.6 Å². The number of nitrogens with one attached hydrogen (secondary N) is 2. The van der Waals surface area contributed by atoms with Crippen molar-refractivity contribution < 1.29 is 5.11 Å². The van der Waals surface area contributed by atoms with Crippen LogP contribution in [0.15, 0.2) is 55.0 Å². The first-order chi connectivity index (χ1) is 16.5. The lowest BCUT2D eigenvalue weighted by molar-refractivity contribution is 0.259. The Kier molecular flexibility index (Phi) is 7.37. The van der Waals surface area contributed by atoms with E-state index in [9.17, 15) is 5.11 Å². The standard InChI is InChI=1S/C26H33N7O/c1-17(2)12-21(16-34)30-25-31-24-23(18(3)4)15-29-33(24)26(32-25)28-14-20-13-27-11-10-22(20)19-8-6-5-7-9-19/h5-11,13,15,17-18,21,34H,12,14,16H2,1-4H3,(H2,28,30,31,32). The SMILES string of the molecule is CC(C)CC(CO)Nc1nc(NCc2cnccc2-c2ccccc2)n2ncc(C(C)C)c2n1. The largest absolute Gasteiger partial charge is 0.394 e. The van der Waals surface area contributed by atoms with E-state index < -0.39 is 0 Å². The number of aromatic nitrogens is 5. The molecule has 1 atom stereocenters. The van der Waals surface area contributed by atoms with Gasteiger partial charge < -0.3 is 15.7 Å². The van der Waals surface area contributed by atoms with Crippen molar-refractivity contribution in [1.82, 2.24) is 24.6 Å². The Morgan fingerprint density at radius 2 is 1.79 bits per heavy atom. The predicted octanol–water partition coefficient (Wildman–Crippen LogP) is 4.74. The van der Waals surface area contributed by atoms with Crippen LogP contribution in [-0.4, -0.2) is 42.3 Å². The van der Waals surface area contributed by atoms with E-state index in [0.717, 1.165) is 34.3 Å². The van der Waals surface area contributed by atoms with Crippen molar-refractivity contribution in [1.29, 1.82) is 0 Å². The van der Waals surface area contributed by atoms with Gasteiger partial charge in [-0.3, -0.25) is 4.98 Å². The molecule has 0 aliphatic carbocycles. The fourth-order valence-electron chi connectivity index (χ4n) is 4.05. The molecule has 0 aliphatic rings. The van der Waals surface area contributed by atoms with E-state index >= 15 is 0 Å². The number of hydrogen-bond donors (Lipinski definition) is 3. The molecule has 8 nitrogen and oxygen atoms in total. The summed E-state index contributed by atoms with van der Waals surface area (Å²) in [5, 5.41) is 21.2. The van der Waals surface area contributed by atoms with E-state index in [1.165, 1.54) is 0 Å². The second kappa shape index (κ2) is 10.6. The highest BCUT2D eigenvalue weighted by Gasteiger charge is 2.18. The second-order valence-corrected chi connectivity index (χ2v) is 9.27. The summed E-state index contributed by atoms with van der Waals surface area (Å²) in [6, 6.07) is 12.2. The van der Waals surface area contributed by atoms with Crippen LogP contribution >= 0.6 is 0 Å². The smallest absolute Gasteiger partial charge is 0.229 e. The molecule has 0 saturated carbocycles. The molecule has 0 spiro atoms. The van der Waals surface area contributed by atoms with Gasteiger partial charge in [-0.25, -0.2) is 0 Å². The number of benzene rings is 1. The quantitative estimate of drug-likeness (QED) is 0.315. The molecule has 0 bridgehead atoms. The molecule has 8 heteroatoms. The Morgan fingerprint density at radius 3 is 2.50 bits per heavy atom. The summed E-state index contributed by atoms with van der Waals surface area (Å²) in [6.07, 6.45) is 6.35. The van der Waals surface area contributed by atoms with Crippen LogP contribution in [0.25, 0.3) is 16.8 Å². The molecule has 178 valence electrons. The van der Waals surface area contributed by atoms with Crippen LogP contribution in [-0.2, 0) is 6.54 Å². The molecule has 0 amide bonds. The zero-order valence-corrected chi connectivity index (χ0v) is 20.2. The highest BCUT2D eigenvalue weighted by atomic mass is 16.3. The van der Waals surface area contributed by atoms with Crippen molar-refractivity contribution in [2.24, 2.45) is 5.92 Å². The zero-order chi connectivity index (χ0) is 24.1. The molecule has 4 aromatic rings. The summed E-state index contributed by atoms with van der Waals surface area (Å²) in [4.78, 5) is 13.8. The van der Waals surface area contributed by atoms with Crippen molar-refractivity contribution >= 4 is 17.5 Å². The minimum absolute atomic E-state index is 0.0158. The summed E-state index contributed by atoms with van der Waals surface area (Å²) in [5.74, 6) is 1.77. The van der Waals surface area contributed by atoms with Gasteiger partial charge in [0.25, 0.3) is 0 Å². The minimum Gasteiger partial charge on any atom is -0.394 e. The molecule has 0 fully saturated rings. The van der Waals surface area contributed by atoms with E-state index in [-0.39, 0.29) is 18.6 Å². The van der Waals surface area contributed by atoms with E-state index in [4.69, 9.17) is 9.97 Å². The highest BCUT2D eigenvalue weighted by Crippen LogP contribution is 2.25. The van der Waals surface area contributed by atoms with E-state index in [1.807, 2.05) is 42.9 Å². The summed E-state index contributed by atoms with van der Waals surface area (Å²) < 4.78 is 1.75. The maximum Gasteiger partial charge on any atom is 0.229 e. The van der Waals surface area contributed by atoms with Gasteiger partial charge in [-0.2, -0.15) is 19.6 Å². The van der Waals surface area contributed by atoms with Crippen LogP contribution in [0.4, 0.5) is 11.9 Å². The van der Waals surface area contributed by atoms with E-state index in [2.05, 4.69) is 60.5 Å². The van der Waals surface area contributed by atoms with Gasteiger partial charge in [0.05, 0.1) is 18.8 Å². The number of aliphatic hydroxyl groups is 1. The lowest BCUT2D eigenvalue weighted by Crippen LogP contribution is -2.27. The number of anilines is 2. The van der Waals surface area contributed by atoms with Crippen molar-refractivity contribution in [2.45, 2.75) is 52.6 Å². The normalized spacial score (nSPS) is 12.4. The molecule has 3 N–H and O–H groups in total. The number of nitrogens with zero attached hydrogens (tertiary/aromatic N) is 5. The van der Waals surface area contributed by atoms with Gasteiger partial charge >= 0.3 is 0 Å². The zero-order valence-electron chi connectivity index (χ0n) is 20.2. The molecule has 34 heavy (non-hydrogen) atoms. The highest BCUT2D eigenvalue weighted by molar-refractivity contribution is 5.67. The monoisotopic (exact) mass is 459 g/mol. The third-order valence-electron chi connectivity index (χ3n) is 5.75. The molecule has 1 unspecified atom stereocenters. The average Bonchev–Trinajstić information content (AvgIpc) is 3.27. The molecular weight excluding hydrogens is 426 g/mol. The second-order valence-electron chi connectivity index (χ2n) is 9.27. The minimum atomic E-state index is -0.122. The van der Waals surface area contributed by atoms with Crippen molar-refractivity contribution in [3.05, 3.63) is 66.1 Å². The molecule has 0 saturated heterocycles. The number of aliphatic hydroxyl groups excluding tert-OH is 1. The molecule has 0 radical (unpaired) electrons. The number of pyridine rings is 1. The average molecular weight is 460 g/mol. The van der Waals surface area contributed by atoms with Crippen LogP contribution in [0, 0.1) is 5.92 Å². The summed E-state index contributed by atoms with van der Waals surface area (Å²) in [7, 11) is 0. The predicted molar refractivity (Wildman–Crippen MR) is 136 cm³/mol. The number of hydrogen-bond acceptors (Lipinski definition) is 7. The van der Waals surface area contributed by atoms with Crippen LogP contribution in [0.5, 0.6) is 0 Å². The number of fused-ring (bicyclic) bond motifs is 1. The first-order valence-corrected chi connectivity index (χ1v) is 11.8. The van der Waals surface area contributed by atoms with Crippen LogP contribution in [0.2, 0.25) is 0 Å². The summed E-state index contributed by atoms with van der Waals surface area (Å²) in [6.45, 7) is 9.05. The van der Waals surface area contributed by atoms with Gasteiger partial charge in [-0.15, -0.1) is 0 Å². The Morgan fingerprint density at radius 1 is 1.00 bits per heavy atom. The summed E-state index contributed by atoms with van der Waals surface area (Å²) in [5.41, 5.74) is 5.11. The lowest BCUT2D eigenvalue weighted by atomic mass is 10.0. The van der Waals surface area contributed by atoms with Gasteiger partial charge in [-0.1, -0.05) is 58.0 Å². The Balaban J connectivity index is 1.67. The molecule has 3 aromatic heterocycles. The molecular formula is C26H33N7O. The third-order valence-corrected chi connectivity index (χ3v) is 5.75. The molecule has 4 rings (SSSR count). The molecule has 3 heterocycles. The van der Waals surface area contributed by atoms with Crippen molar-refractivity contribution in [3.8, 4) is 11.1 Å². The maximum atomic E-state index is 9.85. The Bertz CT molecular complexity index is 1220. The maximum absolute atomic E-state index is 9.85. The van der Waals surface area contributed by atoms with Gasteiger partial charge in [0, 0.05) is 24.5 Å². The third kappa shape index (κ3) is 5.34. The van der Waals surface area contributed by atoms with Crippen molar-refractivity contribution in [3.63, 3.8) is 0 Å². The first-order valence-electron chi connectivity index (χ1n) is 11.8. The van der Waals surface area contributed by atoms with Crippen LogP contribution in [0.1, 0.15) is 51.2 Å². The Labute approximate surface area is 200 Å². The van der Waals surface area contributed by atoms with Gasteiger partial charge in [0.15, 0.2) is 5.65 Å². The van der Waals surface area contributed by atoms with E-state index in [1.54, 1.807) is 4.52 Å². The van der Waals surface area contributed by atoms with Gasteiger partial charge in [-0.05, 0) is 41.0 Å². The topological polar surface area (TPSA) is 100 Å². The van der Waals surface area contributed by atoms with Crippen molar-refractivity contribution in [2.75, 3.05) is 17.2 Å². The summed E-state index contributed by atoms with van der Waals surface area (Å²) >= 11 is 0. The fourth-order valence-corrected chi connectivity index (χ4v) is 4.05. The molecule has 0 aliphatic heterocycles. The van der Waals surface area contributed by atoms with Gasteiger partial charge in [0.1, 0.15) is 0 Å². The van der Waals surface area contributed by atoms with Gasteiger partial charge in [0.2, 0.25) is 11.9 Å². The molecule has 1 aromatic carbocycles. The fraction of sp³-hybridized carbons (Fsp3) is 0.385. The first kappa shape index (κ1) is 23.6. The lowest BCUT2D eigenvalue weighted by Gasteiger charge is -2.19. The number of rotatable bonds is 10. The van der Waals surface area contributed by atoms with Crippen LogP contribution in [0.3, 0.4) is 0 Å². The Hall–Kier alpha value is -3.52. The van der Waals surface area contributed by atoms with E-state index in [0.29, 0.717) is 24.4 Å².